The first kappa shape index (κ1) is 12.7. The summed E-state index contributed by atoms with van der Waals surface area (Å²) in [7, 11) is 2.62. The molecule has 6 heteroatoms. The molecule has 0 amide bonds. The maximum absolute atomic E-state index is 11.1. The van der Waals surface area contributed by atoms with E-state index in [1.165, 1.54) is 32.4 Å². The summed E-state index contributed by atoms with van der Waals surface area (Å²) in [4.78, 5) is 24.6. The van der Waals surface area contributed by atoms with Crippen molar-refractivity contribution >= 4 is 17.7 Å². The SMILES string of the molecule is COC(=O)Cc1cc(N=C=O)c(O)c(OC)c1. The van der Waals surface area contributed by atoms with E-state index in [1.807, 2.05) is 0 Å². The van der Waals surface area contributed by atoms with Crippen molar-refractivity contribution in [3.63, 3.8) is 0 Å². The minimum absolute atomic E-state index is 0.00162. The number of hydrogen-bond acceptors (Lipinski definition) is 6. The summed E-state index contributed by atoms with van der Waals surface area (Å²) in [5.74, 6) is -0.594. The number of isocyanates is 1. The van der Waals surface area contributed by atoms with E-state index in [1.54, 1.807) is 0 Å². The molecule has 0 radical (unpaired) electrons. The minimum atomic E-state index is -0.446. The van der Waals surface area contributed by atoms with E-state index in [2.05, 4.69) is 9.73 Å². The Morgan fingerprint density at radius 2 is 2.18 bits per heavy atom. The van der Waals surface area contributed by atoms with Gasteiger partial charge in [0.15, 0.2) is 11.5 Å². The van der Waals surface area contributed by atoms with Crippen LogP contribution in [-0.4, -0.2) is 31.4 Å². The average Bonchev–Trinajstić information content (AvgIpc) is 2.33. The van der Waals surface area contributed by atoms with Crippen LogP contribution in [0.5, 0.6) is 11.5 Å². The topological polar surface area (TPSA) is 85.2 Å². The second-order valence-corrected chi connectivity index (χ2v) is 3.12. The summed E-state index contributed by atoms with van der Waals surface area (Å²) in [5.41, 5.74) is 0.513. The lowest BCUT2D eigenvalue weighted by atomic mass is 10.1. The van der Waals surface area contributed by atoms with Gasteiger partial charge in [0.05, 0.1) is 20.6 Å². The van der Waals surface area contributed by atoms with Gasteiger partial charge in [-0.3, -0.25) is 4.79 Å². The summed E-state index contributed by atoms with van der Waals surface area (Å²) in [5, 5.41) is 9.62. The van der Waals surface area contributed by atoms with Gasteiger partial charge >= 0.3 is 5.97 Å². The Morgan fingerprint density at radius 3 is 2.71 bits per heavy atom. The first-order valence-electron chi connectivity index (χ1n) is 4.67. The predicted molar refractivity (Wildman–Crippen MR) is 58.2 cm³/mol. The van der Waals surface area contributed by atoms with Gasteiger partial charge in [-0.15, -0.1) is 0 Å². The van der Waals surface area contributed by atoms with Crippen LogP contribution < -0.4 is 4.74 Å². The molecule has 0 spiro atoms. The van der Waals surface area contributed by atoms with Gasteiger partial charge in [0, 0.05) is 0 Å². The van der Waals surface area contributed by atoms with Crippen molar-refractivity contribution in [3.05, 3.63) is 17.7 Å². The number of benzene rings is 1. The summed E-state index contributed by atoms with van der Waals surface area (Å²) >= 11 is 0. The van der Waals surface area contributed by atoms with Crippen LogP contribution in [0, 0.1) is 0 Å². The Kier molecular flexibility index (Phi) is 4.25. The molecule has 0 saturated carbocycles. The molecule has 0 unspecified atom stereocenters. The van der Waals surface area contributed by atoms with Gasteiger partial charge in [-0.25, -0.2) is 4.79 Å². The number of rotatable bonds is 4. The van der Waals surface area contributed by atoms with Gasteiger partial charge < -0.3 is 14.6 Å². The maximum Gasteiger partial charge on any atom is 0.309 e. The van der Waals surface area contributed by atoms with E-state index in [0.29, 0.717) is 5.56 Å². The van der Waals surface area contributed by atoms with E-state index < -0.39 is 5.97 Å². The van der Waals surface area contributed by atoms with Crippen molar-refractivity contribution in [2.45, 2.75) is 6.42 Å². The lowest BCUT2D eigenvalue weighted by Gasteiger charge is -2.08. The zero-order chi connectivity index (χ0) is 12.8. The number of nitrogens with zero attached hydrogens (tertiary/aromatic N) is 1. The number of esters is 1. The number of carbonyl (C=O) groups is 1. The monoisotopic (exact) mass is 237 g/mol. The third kappa shape index (κ3) is 3.06. The summed E-state index contributed by atoms with van der Waals surface area (Å²) < 4.78 is 9.40. The van der Waals surface area contributed by atoms with Crippen LogP contribution >= 0.6 is 0 Å². The van der Waals surface area contributed by atoms with Gasteiger partial charge in [-0.1, -0.05) is 0 Å². The second-order valence-electron chi connectivity index (χ2n) is 3.12. The molecule has 0 fully saturated rings. The van der Waals surface area contributed by atoms with E-state index in [-0.39, 0.29) is 23.6 Å². The fourth-order valence-electron chi connectivity index (χ4n) is 1.28. The molecular formula is C11H11NO5. The summed E-state index contributed by atoms with van der Waals surface area (Å²) in [6, 6.07) is 2.86. The molecule has 0 aliphatic carbocycles. The quantitative estimate of drug-likeness (QED) is 0.481. The molecule has 6 nitrogen and oxygen atoms in total. The lowest BCUT2D eigenvalue weighted by molar-refractivity contribution is -0.139. The first-order valence-corrected chi connectivity index (χ1v) is 4.67. The Morgan fingerprint density at radius 1 is 1.47 bits per heavy atom. The van der Waals surface area contributed by atoms with Crippen LogP contribution in [0.4, 0.5) is 5.69 Å². The van der Waals surface area contributed by atoms with E-state index in [0.717, 1.165) is 0 Å². The standard InChI is InChI=1S/C11H11NO5/c1-16-9-4-7(5-10(14)17-2)3-8(11(9)15)12-6-13/h3-4,15H,5H2,1-2H3. The van der Waals surface area contributed by atoms with E-state index in [4.69, 9.17) is 4.74 Å². The number of ether oxygens (including phenoxy) is 2. The molecule has 0 aliphatic heterocycles. The molecule has 1 aromatic carbocycles. The molecule has 90 valence electrons. The molecule has 1 aromatic rings. The van der Waals surface area contributed by atoms with Gasteiger partial charge in [-0.05, 0) is 17.7 Å². The van der Waals surface area contributed by atoms with Crippen molar-refractivity contribution in [3.8, 4) is 11.5 Å². The van der Waals surface area contributed by atoms with Crippen molar-refractivity contribution in [1.82, 2.24) is 0 Å². The van der Waals surface area contributed by atoms with Crippen LogP contribution in [0.3, 0.4) is 0 Å². The van der Waals surface area contributed by atoms with Gasteiger partial charge in [0.25, 0.3) is 0 Å². The van der Waals surface area contributed by atoms with E-state index in [9.17, 15) is 14.7 Å². The van der Waals surface area contributed by atoms with E-state index >= 15 is 0 Å². The van der Waals surface area contributed by atoms with Crippen molar-refractivity contribution in [2.24, 2.45) is 4.99 Å². The lowest BCUT2D eigenvalue weighted by Crippen LogP contribution is -2.04. The number of carbonyl (C=O) groups excluding carboxylic acids is 2. The highest BCUT2D eigenvalue weighted by Crippen LogP contribution is 2.37. The zero-order valence-corrected chi connectivity index (χ0v) is 9.39. The highest BCUT2D eigenvalue weighted by molar-refractivity contribution is 5.74. The van der Waals surface area contributed by atoms with Crippen LogP contribution in [0.15, 0.2) is 17.1 Å². The molecule has 0 saturated heterocycles. The molecule has 1 rings (SSSR count). The number of methoxy groups -OCH3 is 2. The van der Waals surface area contributed by atoms with Crippen LogP contribution in [0.1, 0.15) is 5.56 Å². The van der Waals surface area contributed by atoms with Gasteiger partial charge in [-0.2, -0.15) is 4.99 Å². The van der Waals surface area contributed by atoms with Crippen molar-refractivity contribution in [2.75, 3.05) is 14.2 Å². The summed E-state index contributed by atoms with van der Waals surface area (Å²) in [6.45, 7) is 0. The molecule has 1 N–H and O–H groups in total. The Bertz CT molecular complexity index is 477. The first-order chi connectivity index (χ1) is 8.12. The normalized spacial score (nSPS) is 9.29. The molecule has 0 atom stereocenters. The summed E-state index contributed by atoms with van der Waals surface area (Å²) in [6.07, 6.45) is 1.31. The third-order valence-electron chi connectivity index (χ3n) is 2.08. The van der Waals surface area contributed by atoms with Crippen LogP contribution in [-0.2, 0) is 20.7 Å². The maximum atomic E-state index is 11.1. The largest absolute Gasteiger partial charge is 0.503 e. The average molecular weight is 237 g/mol. The Labute approximate surface area is 97.5 Å². The molecule has 0 bridgehead atoms. The predicted octanol–water partition coefficient (Wildman–Crippen LogP) is 1.08. The highest BCUT2D eigenvalue weighted by atomic mass is 16.5. The molecular weight excluding hydrogens is 226 g/mol. The smallest absolute Gasteiger partial charge is 0.309 e. The number of phenols is 1. The number of aromatic hydroxyl groups is 1. The fourth-order valence-corrected chi connectivity index (χ4v) is 1.28. The number of phenolic OH excluding ortho intramolecular Hbond substituents is 1. The number of hydrogen-bond donors (Lipinski definition) is 1. The third-order valence-corrected chi connectivity index (χ3v) is 2.08. The zero-order valence-electron chi connectivity index (χ0n) is 9.39. The fraction of sp³-hybridized carbons (Fsp3) is 0.273. The molecule has 0 aromatic heterocycles. The van der Waals surface area contributed by atoms with Crippen LogP contribution in [0.25, 0.3) is 0 Å². The van der Waals surface area contributed by atoms with Crippen molar-refractivity contribution in [1.29, 1.82) is 0 Å². The highest BCUT2D eigenvalue weighted by Gasteiger charge is 2.12. The van der Waals surface area contributed by atoms with Crippen LogP contribution in [0.2, 0.25) is 0 Å². The minimum Gasteiger partial charge on any atom is -0.503 e. The molecule has 0 aliphatic rings. The second kappa shape index (κ2) is 5.67. The van der Waals surface area contributed by atoms with Gasteiger partial charge in [0.2, 0.25) is 6.08 Å². The Hall–Kier alpha value is -2.33. The number of aliphatic imine (C=N–C) groups is 1. The molecule has 0 heterocycles. The molecule has 17 heavy (non-hydrogen) atoms. The van der Waals surface area contributed by atoms with Crippen molar-refractivity contribution < 1.29 is 24.2 Å². The Balaban J connectivity index is 3.19. The van der Waals surface area contributed by atoms with Gasteiger partial charge in [0.1, 0.15) is 5.69 Å².